The lowest BCUT2D eigenvalue weighted by atomic mass is 10.2. The van der Waals surface area contributed by atoms with Crippen LogP contribution < -0.4 is 16.8 Å². The molecule has 0 bridgehead atoms. The van der Waals surface area contributed by atoms with Crippen LogP contribution in [0.25, 0.3) is 0 Å². The SMILES string of the molecule is CC(N)C(=O)NCCCC(N)CF. The van der Waals surface area contributed by atoms with Gasteiger partial charge in [-0.1, -0.05) is 0 Å². The van der Waals surface area contributed by atoms with E-state index in [0.29, 0.717) is 19.4 Å². The molecule has 0 fully saturated rings. The first-order valence-corrected chi connectivity index (χ1v) is 4.42. The van der Waals surface area contributed by atoms with Gasteiger partial charge in [-0.15, -0.1) is 0 Å². The van der Waals surface area contributed by atoms with E-state index < -0.39 is 18.8 Å². The van der Waals surface area contributed by atoms with Crippen LogP contribution in [-0.2, 0) is 4.79 Å². The van der Waals surface area contributed by atoms with Gasteiger partial charge >= 0.3 is 0 Å². The summed E-state index contributed by atoms with van der Waals surface area (Å²) >= 11 is 0. The first kappa shape index (κ1) is 12.3. The van der Waals surface area contributed by atoms with Crippen molar-refractivity contribution in [1.82, 2.24) is 5.32 Å². The molecular weight excluding hydrogens is 173 g/mol. The lowest BCUT2D eigenvalue weighted by Crippen LogP contribution is -2.39. The fourth-order valence-corrected chi connectivity index (χ4v) is 0.814. The fraction of sp³-hybridized carbons (Fsp3) is 0.875. The predicted octanol–water partition coefficient (Wildman–Crippen LogP) is -0.473. The second kappa shape index (κ2) is 6.80. The third-order valence-electron chi connectivity index (χ3n) is 1.66. The highest BCUT2D eigenvalue weighted by Gasteiger charge is 2.06. The summed E-state index contributed by atoms with van der Waals surface area (Å²) in [6.45, 7) is 1.61. The minimum Gasteiger partial charge on any atom is -0.355 e. The third kappa shape index (κ3) is 6.48. The van der Waals surface area contributed by atoms with Gasteiger partial charge in [0.05, 0.1) is 6.04 Å². The van der Waals surface area contributed by atoms with Gasteiger partial charge in [-0.05, 0) is 19.8 Å². The maximum atomic E-state index is 11.9. The summed E-state index contributed by atoms with van der Waals surface area (Å²) in [5.74, 6) is -0.186. The van der Waals surface area contributed by atoms with Crippen molar-refractivity contribution in [2.45, 2.75) is 31.8 Å². The standard InChI is InChI=1S/C8H18FN3O/c1-6(10)8(13)12-4-2-3-7(11)5-9/h6-7H,2-5,10-11H2,1H3,(H,12,13). The van der Waals surface area contributed by atoms with E-state index in [1.807, 2.05) is 0 Å². The Hall–Kier alpha value is -0.680. The average Bonchev–Trinajstić information content (AvgIpc) is 2.11. The number of alkyl halides is 1. The van der Waals surface area contributed by atoms with Crippen LogP contribution in [0.5, 0.6) is 0 Å². The van der Waals surface area contributed by atoms with Crippen LogP contribution in [-0.4, -0.2) is 31.2 Å². The Morgan fingerprint density at radius 2 is 2.15 bits per heavy atom. The van der Waals surface area contributed by atoms with Gasteiger partial charge in [-0.25, -0.2) is 4.39 Å². The fourth-order valence-electron chi connectivity index (χ4n) is 0.814. The molecule has 0 spiro atoms. The van der Waals surface area contributed by atoms with Crippen molar-refractivity contribution in [3.63, 3.8) is 0 Å². The Kier molecular flexibility index (Phi) is 6.44. The van der Waals surface area contributed by atoms with Crippen molar-refractivity contribution >= 4 is 5.91 Å². The highest BCUT2D eigenvalue weighted by Crippen LogP contribution is 1.93. The number of carbonyl (C=O) groups excluding carboxylic acids is 1. The lowest BCUT2D eigenvalue weighted by molar-refractivity contribution is -0.121. The Morgan fingerprint density at radius 3 is 2.62 bits per heavy atom. The molecule has 4 nitrogen and oxygen atoms in total. The minimum absolute atomic E-state index is 0.186. The van der Waals surface area contributed by atoms with Gasteiger partial charge in [-0.2, -0.15) is 0 Å². The van der Waals surface area contributed by atoms with Gasteiger partial charge in [0.1, 0.15) is 6.67 Å². The predicted molar refractivity (Wildman–Crippen MR) is 49.8 cm³/mol. The van der Waals surface area contributed by atoms with E-state index in [9.17, 15) is 9.18 Å². The second-order valence-electron chi connectivity index (χ2n) is 3.14. The van der Waals surface area contributed by atoms with Crippen molar-refractivity contribution in [3.05, 3.63) is 0 Å². The highest BCUT2D eigenvalue weighted by atomic mass is 19.1. The molecule has 2 atom stereocenters. The van der Waals surface area contributed by atoms with E-state index in [2.05, 4.69) is 5.32 Å². The quantitative estimate of drug-likeness (QED) is 0.496. The molecule has 0 saturated heterocycles. The molecule has 1 amide bonds. The van der Waals surface area contributed by atoms with Crippen LogP contribution in [0.15, 0.2) is 0 Å². The van der Waals surface area contributed by atoms with Gasteiger partial charge < -0.3 is 16.8 Å². The van der Waals surface area contributed by atoms with Gasteiger partial charge in [0.15, 0.2) is 0 Å². The van der Waals surface area contributed by atoms with E-state index in [1.165, 1.54) is 0 Å². The number of nitrogens with one attached hydrogen (secondary N) is 1. The molecule has 0 aliphatic rings. The maximum absolute atomic E-state index is 11.9. The molecule has 5 heteroatoms. The summed E-state index contributed by atoms with van der Waals surface area (Å²) in [4.78, 5) is 10.9. The molecule has 0 radical (unpaired) electrons. The monoisotopic (exact) mass is 191 g/mol. The molecule has 0 aromatic carbocycles. The second-order valence-corrected chi connectivity index (χ2v) is 3.14. The number of rotatable bonds is 6. The topological polar surface area (TPSA) is 81.1 Å². The van der Waals surface area contributed by atoms with Gasteiger partial charge in [-0.3, -0.25) is 4.79 Å². The summed E-state index contributed by atoms with van der Waals surface area (Å²) in [5.41, 5.74) is 10.6. The van der Waals surface area contributed by atoms with Gasteiger partial charge in [0.2, 0.25) is 5.91 Å². The number of hydrogen-bond acceptors (Lipinski definition) is 3. The van der Waals surface area contributed by atoms with Gasteiger partial charge in [0, 0.05) is 12.6 Å². The zero-order chi connectivity index (χ0) is 10.3. The van der Waals surface area contributed by atoms with Crippen LogP contribution in [0, 0.1) is 0 Å². The van der Waals surface area contributed by atoms with Crippen LogP contribution in [0.2, 0.25) is 0 Å². The number of nitrogens with two attached hydrogens (primary N) is 2. The zero-order valence-electron chi connectivity index (χ0n) is 7.92. The van der Waals surface area contributed by atoms with E-state index in [4.69, 9.17) is 11.5 Å². The van der Waals surface area contributed by atoms with Crippen LogP contribution in [0.4, 0.5) is 4.39 Å². The molecule has 0 aromatic heterocycles. The number of hydrogen-bond donors (Lipinski definition) is 3. The minimum atomic E-state index is -0.513. The Balaban J connectivity index is 3.31. The van der Waals surface area contributed by atoms with E-state index in [0.717, 1.165) is 0 Å². The molecule has 0 aliphatic carbocycles. The molecule has 2 unspecified atom stereocenters. The average molecular weight is 191 g/mol. The molecule has 0 aliphatic heterocycles. The maximum Gasteiger partial charge on any atom is 0.236 e. The first-order chi connectivity index (χ1) is 6.07. The zero-order valence-corrected chi connectivity index (χ0v) is 7.92. The number of amides is 1. The molecule has 13 heavy (non-hydrogen) atoms. The van der Waals surface area contributed by atoms with Crippen LogP contribution in [0.3, 0.4) is 0 Å². The normalized spacial score (nSPS) is 15.1. The first-order valence-electron chi connectivity index (χ1n) is 4.42. The molecule has 0 saturated carbocycles. The number of carbonyl (C=O) groups is 1. The summed E-state index contributed by atoms with van der Waals surface area (Å²) in [6.07, 6.45) is 1.26. The Morgan fingerprint density at radius 1 is 1.54 bits per heavy atom. The van der Waals surface area contributed by atoms with E-state index in [-0.39, 0.29) is 5.91 Å². The summed E-state index contributed by atoms with van der Waals surface area (Å²) in [6, 6.07) is -0.901. The lowest BCUT2D eigenvalue weighted by Gasteiger charge is -2.09. The molecular formula is C8H18FN3O. The van der Waals surface area contributed by atoms with Crippen molar-refractivity contribution < 1.29 is 9.18 Å². The molecule has 0 heterocycles. The van der Waals surface area contributed by atoms with Crippen LogP contribution in [0.1, 0.15) is 19.8 Å². The summed E-state index contributed by atoms with van der Waals surface area (Å²) in [7, 11) is 0. The smallest absolute Gasteiger partial charge is 0.236 e. The summed E-state index contributed by atoms with van der Waals surface area (Å²) in [5, 5.41) is 2.62. The summed E-state index contributed by atoms with van der Waals surface area (Å²) < 4.78 is 11.9. The van der Waals surface area contributed by atoms with Crippen molar-refractivity contribution in [3.8, 4) is 0 Å². The van der Waals surface area contributed by atoms with E-state index >= 15 is 0 Å². The number of halogens is 1. The van der Waals surface area contributed by atoms with Gasteiger partial charge in [0.25, 0.3) is 0 Å². The Bertz CT molecular complexity index is 152. The van der Waals surface area contributed by atoms with E-state index in [1.54, 1.807) is 6.92 Å². The van der Waals surface area contributed by atoms with Crippen molar-refractivity contribution in [2.24, 2.45) is 11.5 Å². The molecule has 0 aromatic rings. The molecule has 5 N–H and O–H groups in total. The molecule has 78 valence electrons. The van der Waals surface area contributed by atoms with Crippen LogP contribution >= 0.6 is 0 Å². The highest BCUT2D eigenvalue weighted by molar-refractivity contribution is 5.80. The third-order valence-corrected chi connectivity index (χ3v) is 1.66. The Labute approximate surface area is 77.9 Å². The molecule has 0 rings (SSSR count). The van der Waals surface area contributed by atoms with Crippen molar-refractivity contribution in [2.75, 3.05) is 13.2 Å². The largest absolute Gasteiger partial charge is 0.355 e. The van der Waals surface area contributed by atoms with Crippen molar-refractivity contribution in [1.29, 1.82) is 0 Å².